The van der Waals surface area contributed by atoms with E-state index in [4.69, 9.17) is 18.9 Å². The largest absolute Gasteiger partial charge is 0.497 e. The third kappa shape index (κ3) is 3.15. The number of benzene rings is 1. The van der Waals surface area contributed by atoms with Gasteiger partial charge < -0.3 is 24.1 Å². The fourth-order valence-electron chi connectivity index (χ4n) is 3.03. The molecule has 2 unspecified atom stereocenters. The number of hydrogen-bond donors (Lipinski definition) is 1. The van der Waals surface area contributed by atoms with Gasteiger partial charge in [0.2, 0.25) is 0 Å². The van der Waals surface area contributed by atoms with Crippen molar-refractivity contribution in [1.29, 1.82) is 0 Å². The summed E-state index contributed by atoms with van der Waals surface area (Å²) in [7, 11) is 1.62. The highest BCUT2D eigenvalue weighted by atomic mass is 16.6. The molecule has 0 saturated carbocycles. The van der Waals surface area contributed by atoms with Gasteiger partial charge in [0.05, 0.1) is 32.5 Å². The molecule has 0 aliphatic carbocycles. The second-order valence-corrected chi connectivity index (χ2v) is 5.70. The van der Waals surface area contributed by atoms with Crippen LogP contribution in [0.4, 0.5) is 0 Å². The first-order chi connectivity index (χ1) is 10.2. The maximum Gasteiger partial charge on any atom is 0.128 e. The number of ether oxygens (including phenoxy) is 4. The summed E-state index contributed by atoms with van der Waals surface area (Å²) < 4.78 is 22.8. The van der Waals surface area contributed by atoms with E-state index in [0.29, 0.717) is 19.0 Å². The van der Waals surface area contributed by atoms with Crippen LogP contribution in [0.5, 0.6) is 11.5 Å². The molecule has 2 saturated heterocycles. The minimum absolute atomic E-state index is 0.0448. The molecule has 2 heterocycles. The first-order valence-electron chi connectivity index (χ1n) is 7.41. The normalized spacial score (nSPS) is 28.8. The van der Waals surface area contributed by atoms with Crippen molar-refractivity contribution in [2.75, 3.05) is 26.9 Å². The molecule has 2 aliphatic rings. The third-order valence-electron chi connectivity index (χ3n) is 4.25. The third-order valence-corrected chi connectivity index (χ3v) is 4.25. The van der Waals surface area contributed by atoms with Crippen LogP contribution in [0.2, 0.25) is 0 Å². The monoisotopic (exact) mass is 294 g/mol. The molecular weight excluding hydrogens is 272 g/mol. The van der Waals surface area contributed by atoms with Crippen molar-refractivity contribution in [3.8, 4) is 11.5 Å². The fraction of sp³-hybridized carbons (Fsp3) is 0.625. The van der Waals surface area contributed by atoms with Crippen molar-refractivity contribution in [3.05, 3.63) is 23.8 Å². The highest BCUT2D eigenvalue weighted by Gasteiger charge is 2.41. The van der Waals surface area contributed by atoms with Crippen LogP contribution in [-0.4, -0.2) is 43.7 Å². The van der Waals surface area contributed by atoms with E-state index in [1.54, 1.807) is 7.11 Å². The van der Waals surface area contributed by atoms with E-state index in [1.807, 2.05) is 18.2 Å². The number of hydrogen-bond acceptors (Lipinski definition) is 5. The van der Waals surface area contributed by atoms with Gasteiger partial charge in [-0.15, -0.1) is 0 Å². The molecule has 5 heteroatoms. The average molecular weight is 294 g/mol. The van der Waals surface area contributed by atoms with Crippen LogP contribution in [0, 0.1) is 0 Å². The zero-order valence-corrected chi connectivity index (χ0v) is 12.3. The van der Waals surface area contributed by atoms with E-state index in [1.165, 1.54) is 0 Å². The number of methoxy groups -OCH3 is 1. The van der Waals surface area contributed by atoms with Crippen molar-refractivity contribution in [3.63, 3.8) is 0 Å². The zero-order chi connectivity index (χ0) is 14.7. The van der Waals surface area contributed by atoms with Crippen molar-refractivity contribution in [2.45, 2.75) is 37.6 Å². The lowest BCUT2D eigenvalue weighted by molar-refractivity contribution is -0.112. The molecule has 116 valence electrons. The maximum atomic E-state index is 9.45. The summed E-state index contributed by atoms with van der Waals surface area (Å²) in [5.74, 6) is 1.42. The minimum Gasteiger partial charge on any atom is -0.497 e. The Labute approximate surface area is 124 Å². The number of aliphatic hydroxyl groups excluding tert-OH is 1. The van der Waals surface area contributed by atoms with Gasteiger partial charge in [0, 0.05) is 37.5 Å². The Morgan fingerprint density at radius 3 is 3.00 bits per heavy atom. The van der Waals surface area contributed by atoms with Gasteiger partial charge in [-0.3, -0.25) is 0 Å². The molecule has 1 aromatic carbocycles. The Morgan fingerprint density at radius 2 is 2.29 bits per heavy atom. The highest BCUT2D eigenvalue weighted by molar-refractivity contribution is 5.40. The smallest absolute Gasteiger partial charge is 0.128 e. The second-order valence-electron chi connectivity index (χ2n) is 5.70. The van der Waals surface area contributed by atoms with Crippen LogP contribution >= 0.6 is 0 Å². The van der Waals surface area contributed by atoms with Gasteiger partial charge in [-0.1, -0.05) is 0 Å². The van der Waals surface area contributed by atoms with E-state index >= 15 is 0 Å². The number of aliphatic hydroxyl groups is 1. The number of rotatable bonds is 4. The summed E-state index contributed by atoms with van der Waals surface area (Å²) >= 11 is 0. The van der Waals surface area contributed by atoms with Crippen molar-refractivity contribution in [2.24, 2.45) is 0 Å². The van der Waals surface area contributed by atoms with Crippen LogP contribution in [0.15, 0.2) is 18.2 Å². The van der Waals surface area contributed by atoms with Gasteiger partial charge >= 0.3 is 0 Å². The van der Waals surface area contributed by atoms with E-state index in [2.05, 4.69) is 0 Å². The van der Waals surface area contributed by atoms with Gasteiger partial charge in [-0.2, -0.15) is 0 Å². The molecule has 2 atom stereocenters. The van der Waals surface area contributed by atoms with Gasteiger partial charge in [-0.05, 0) is 12.1 Å². The first-order valence-corrected chi connectivity index (χ1v) is 7.41. The van der Waals surface area contributed by atoms with Crippen LogP contribution in [0.3, 0.4) is 0 Å². The average Bonchev–Trinajstić information content (AvgIpc) is 2.95. The lowest BCUT2D eigenvalue weighted by atomic mass is 9.91. The van der Waals surface area contributed by atoms with Crippen LogP contribution < -0.4 is 9.47 Å². The Morgan fingerprint density at radius 1 is 1.38 bits per heavy atom. The molecule has 5 nitrogen and oxygen atoms in total. The molecule has 21 heavy (non-hydrogen) atoms. The summed E-state index contributed by atoms with van der Waals surface area (Å²) in [5, 5.41) is 9.45. The predicted molar refractivity (Wildman–Crippen MR) is 76.7 cm³/mol. The molecule has 0 bridgehead atoms. The van der Waals surface area contributed by atoms with Crippen LogP contribution in [0.25, 0.3) is 0 Å². The van der Waals surface area contributed by atoms with E-state index in [9.17, 15) is 5.11 Å². The lowest BCUT2D eigenvalue weighted by Gasteiger charge is -2.37. The van der Waals surface area contributed by atoms with Crippen LogP contribution in [0.1, 0.15) is 24.8 Å². The molecule has 2 fully saturated rings. The Hall–Kier alpha value is -1.30. The summed E-state index contributed by atoms with van der Waals surface area (Å²) in [4.78, 5) is 0. The van der Waals surface area contributed by atoms with E-state index in [0.717, 1.165) is 37.2 Å². The quantitative estimate of drug-likeness (QED) is 0.919. The van der Waals surface area contributed by atoms with Gasteiger partial charge in [0.15, 0.2) is 0 Å². The van der Waals surface area contributed by atoms with E-state index in [-0.39, 0.29) is 18.3 Å². The molecule has 1 spiro atoms. The molecule has 0 radical (unpaired) electrons. The summed E-state index contributed by atoms with van der Waals surface area (Å²) in [6, 6.07) is 5.50. The topological polar surface area (TPSA) is 57.2 Å². The Kier molecular flexibility index (Phi) is 4.33. The zero-order valence-electron chi connectivity index (χ0n) is 12.3. The predicted octanol–water partition coefficient (Wildman–Crippen LogP) is 1.90. The summed E-state index contributed by atoms with van der Waals surface area (Å²) in [6.07, 6.45) is 2.69. The summed E-state index contributed by atoms with van der Waals surface area (Å²) in [6.45, 7) is 2.05. The standard InChI is InChI=1S/C16H22O5/c1-18-13-3-2-12(10-17)15(8-13)21-14-4-6-20-16(9-14)5-7-19-11-16/h2-3,8,14,17H,4-7,9-11H2,1H3. The van der Waals surface area contributed by atoms with Gasteiger partial charge in [0.25, 0.3) is 0 Å². The minimum atomic E-state index is -0.179. The summed E-state index contributed by atoms with van der Waals surface area (Å²) in [5.41, 5.74) is 0.597. The van der Waals surface area contributed by atoms with Gasteiger partial charge in [0.1, 0.15) is 17.6 Å². The Balaban J connectivity index is 1.73. The molecule has 0 aromatic heterocycles. The van der Waals surface area contributed by atoms with Crippen molar-refractivity contribution < 1.29 is 24.1 Å². The highest BCUT2D eigenvalue weighted by Crippen LogP contribution is 2.35. The second kappa shape index (κ2) is 6.22. The molecule has 1 aromatic rings. The SMILES string of the molecule is COc1ccc(CO)c(OC2CCOC3(CCOC3)C2)c1. The molecule has 2 aliphatic heterocycles. The van der Waals surface area contributed by atoms with Crippen molar-refractivity contribution in [1.82, 2.24) is 0 Å². The molecule has 0 amide bonds. The van der Waals surface area contributed by atoms with E-state index < -0.39 is 0 Å². The lowest BCUT2D eigenvalue weighted by Crippen LogP contribution is -2.44. The van der Waals surface area contributed by atoms with Crippen LogP contribution in [-0.2, 0) is 16.1 Å². The molecule has 3 rings (SSSR count). The fourth-order valence-corrected chi connectivity index (χ4v) is 3.03. The van der Waals surface area contributed by atoms with Gasteiger partial charge in [-0.25, -0.2) is 0 Å². The molecule has 1 N–H and O–H groups in total. The maximum absolute atomic E-state index is 9.45. The Bertz CT molecular complexity index is 482. The van der Waals surface area contributed by atoms with Crippen molar-refractivity contribution >= 4 is 0 Å². The first kappa shape index (κ1) is 14.6. The molecular formula is C16H22O5.